The van der Waals surface area contributed by atoms with Crippen molar-refractivity contribution in [3.05, 3.63) is 16.1 Å². The second-order valence-corrected chi connectivity index (χ2v) is 6.02. The molecule has 0 saturated carbocycles. The second kappa shape index (κ2) is 6.48. The third-order valence-electron chi connectivity index (χ3n) is 3.85. The van der Waals surface area contributed by atoms with Gasteiger partial charge in [0.2, 0.25) is 0 Å². The lowest BCUT2D eigenvalue weighted by Gasteiger charge is -2.35. The van der Waals surface area contributed by atoms with E-state index in [2.05, 4.69) is 22.2 Å². The summed E-state index contributed by atoms with van der Waals surface area (Å²) in [5.41, 5.74) is 1.15. The van der Waals surface area contributed by atoms with E-state index in [1.807, 2.05) is 6.92 Å². The Bertz CT molecular complexity index is 433. The van der Waals surface area contributed by atoms with E-state index in [9.17, 15) is 9.90 Å². The molecule has 1 aromatic heterocycles. The molecule has 1 aliphatic heterocycles. The first-order valence-corrected chi connectivity index (χ1v) is 7.94. The van der Waals surface area contributed by atoms with Crippen molar-refractivity contribution in [1.82, 2.24) is 9.88 Å². The number of carbonyl (C=O) groups is 1. The van der Waals surface area contributed by atoms with Gasteiger partial charge < -0.3 is 5.11 Å². The van der Waals surface area contributed by atoms with Gasteiger partial charge in [0.25, 0.3) is 0 Å². The van der Waals surface area contributed by atoms with Crippen LogP contribution in [0.5, 0.6) is 0 Å². The highest BCUT2D eigenvalue weighted by atomic mass is 32.1. The van der Waals surface area contributed by atoms with Crippen LogP contribution in [0.25, 0.3) is 0 Å². The normalized spacial score (nSPS) is 22.3. The number of hydrogen-bond acceptors (Lipinski definition) is 4. The van der Waals surface area contributed by atoms with Crippen molar-refractivity contribution in [3.8, 4) is 0 Å². The lowest BCUT2D eigenvalue weighted by atomic mass is 9.96. The first-order valence-electron chi connectivity index (χ1n) is 7.06. The number of aromatic nitrogens is 1. The molecule has 0 bridgehead atoms. The Balaban J connectivity index is 2.06. The molecule has 2 rings (SSSR count). The highest BCUT2D eigenvalue weighted by Crippen LogP contribution is 2.30. The molecule has 0 unspecified atom stereocenters. The van der Waals surface area contributed by atoms with E-state index < -0.39 is 5.97 Å². The number of piperidine rings is 1. The summed E-state index contributed by atoms with van der Waals surface area (Å²) in [4.78, 5) is 18.0. The van der Waals surface area contributed by atoms with Gasteiger partial charge in [0.15, 0.2) is 0 Å². The van der Waals surface area contributed by atoms with Crippen LogP contribution in [-0.4, -0.2) is 40.1 Å². The third kappa shape index (κ3) is 3.34. The van der Waals surface area contributed by atoms with E-state index in [-0.39, 0.29) is 6.04 Å². The first kappa shape index (κ1) is 14.5. The van der Waals surface area contributed by atoms with Crippen molar-refractivity contribution in [2.24, 2.45) is 0 Å². The largest absolute Gasteiger partial charge is 0.480 e. The van der Waals surface area contributed by atoms with Crippen molar-refractivity contribution in [1.29, 1.82) is 0 Å². The summed E-state index contributed by atoms with van der Waals surface area (Å²) in [5.74, 6) is -0.288. The van der Waals surface area contributed by atoms with Gasteiger partial charge in [-0.1, -0.05) is 13.8 Å². The van der Waals surface area contributed by atoms with Crippen LogP contribution in [0.4, 0.5) is 0 Å². The topological polar surface area (TPSA) is 53.4 Å². The minimum Gasteiger partial charge on any atom is -0.480 e. The van der Waals surface area contributed by atoms with Gasteiger partial charge >= 0.3 is 5.97 Å². The Morgan fingerprint density at radius 2 is 2.42 bits per heavy atom. The summed E-state index contributed by atoms with van der Waals surface area (Å²) in [5, 5.41) is 12.6. The standard InChI is InChI=1S/C14H22N2O2S/c1-3-11-9-19-13(15-11)10-6-5-7-16(8-10)12(4-2)14(17)18/h9-10,12H,3-8H2,1-2H3,(H,17,18)/t10-,12+/m0/s1. The van der Waals surface area contributed by atoms with Crippen LogP contribution in [0.15, 0.2) is 5.38 Å². The maximum Gasteiger partial charge on any atom is 0.320 e. The lowest BCUT2D eigenvalue weighted by Crippen LogP contribution is -2.45. The first-order chi connectivity index (χ1) is 9.15. The smallest absolute Gasteiger partial charge is 0.320 e. The van der Waals surface area contributed by atoms with Crippen LogP contribution in [0.3, 0.4) is 0 Å². The molecule has 19 heavy (non-hydrogen) atoms. The fourth-order valence-corrected chi connectivity index (χ4v) is 3.78. The van der Waals surface area contributed by atoms with Crippen LogP contribution in [0.1, 0.15) is 49.7 Å². The van der Waals surface area contributed by atoms with Crippen LogP contribution in [0, 0.1) is 0 Å². The maximum absolute atomic E-state index is 11.3. The number of aryl methyl sites for hydroxylation is 1. The molecule has 0 aliphatic carbocycles. The molecule has 0 aromatic carbocycles. The van der Waals surface area contributed by atoms with Gasteiger partial charge in [0, 0.05) is 17.8 Å². The summed E-state index contributed by atoms with van der Waals surface area (Å²) in [7, 11) is 0. The fourth-order valence-electron chi connectivity index (χ4n) is 2.75. The molecular weight excluding hydrogens is 260 g/mol. The van der Waals surface area contributed by atoms with Gasteiger partial charge in [0.1, 0.15) is 6.04 Å². The fraction of sp³-hybridized carbons (Fsp3) is 0.714. The zero-order valence-electron chi connectivity index (χ0n) is 11.6. The molecule has 2 atom stereocenters. The number of thiazole rings is 1. The SMILES string of the molecule is CCc1csc([C@H]2CCCN([C@H](CC)C(=O)O)C2)n1. The van der Waals surface area contributed by atoms with Crippen molar-refractivity contribution in [3.63, 3.8) is 0 Å². The number of hydrogen-bond donors (Lipinski definition) is 1. The highest BCUT2D eigenvalue weighted by molar-refractivity contribution is 7.09. The summed E-state index contributed by atoms with van der Waals surface area (Å²) < 4.78 is 0. The molecule has 1 fully saturated rings. The summed E-state index contributed by atoms with van der Waals surface area (Å²) in [6, 6.07) is -0.339. The van der Waals surface area contributed by atoms with E-state index in [0.717, 1.165) is 38.0 Å². The van der Waals surface area contributed by atoms with Crippen molar-refractivity contribution >= 4 is 17.3 Å². The lowest BCUT2D eigenvalue weighted by molar-refractivity contribution is -0.144. The molecular formula is C14H22N2O2S. The van der Waals surface area contributed by atoms with Crippen LogP contribution in [-0.2, 0) is 11.2 Å². The van der Waals surface area contributed by atoms with Gasteiger partial charge in [0.05, 0.1) is 10.7 Å². The maximum atomic E-state index is 11.3. The van der Waals surface area contributed by atoms with Crippen LogP contribution >= 0.6 is 11.3 Å². The van der Waals surface area contributed by atoms with E-state index in [1.54, 1.807) is 11.3 Å². The van der Waals surface area contributed by atoms with Gasteiger partial charge in [-0.2, -0.15) is 0 Å². The van der Waals surface area contributed by atoms with E-state index in [1.165, 1.54) is 5.01 Å². The summed E-state index contributed by atoms with van der Waals surface area (Å²) in [6.45, 7) is 5.79. The van der Waals surface area contributed by atoms with E-state index in [4.69, 9.17) is 0 Å². The number of carboxylic acids is 1. The minimum absolute atomic E-state index is 0.339. The predicted octanol–water partition coefficient (Wildman–Crippen LogP) is 2.75. The van der Waals surface area contributed by atoms with Crippen LogP contribution in [0.2, 0.25) is 0 Å². The summed E-state index contributed by atoms with van der Waals surface area (Å²) in [6.07, 6.45) is 3.83. The third-order valence-corrected chi connectivity index (χ3v) is 4.90. The Morgan fingerprint density at radius 3 is 3.00 bits per heavy atom. The van der Waals surface area contributed by atoms with Crippen molar-refractivity contribution in [2.45, 2.75) is 51.5 Å². The molecule has 0 spiro atoms. The number of likely N-dealkylation sites (tertiary alicyclic amines) is 1. The average molecular weight is 282 g/mol. The van der Waals surface area contributed by atoms with Gasteiger partial charge in [-0.25, -0.2) is 4.98 Å². The Hall–Kier alpha value is -0.940. The number of aliphatic carboxylic acids is 1. The molecule has 5 heteroatoms. The Kier molecular flexibility index (Phi) is 4.93. The average Bonchev–Trinajstić information content (AvgIpc) is 2.88. The van der Waals surface area contributed by atoms with E-state index >= 15 is 0 Å². The quantitative estimate of drug-likeness (QED) is 0.902. The predicted molar refractivity (Wildman–Crippen MR) is 76.8 cm³/mol. The number of rotatable bonds is 5. The van der Waals surface area contributed by atoms with E-state index in [0.29, 0.717) is 12.3 Å². The van der Waals surface area contributed by atoms with Crippen LogP contribution < -0.4 is 0 Å². The number of nitrogens with zero attached hydrogens (tertiary/aromatic N) is 2. The monoisotopic (exact) mass is 282 g/mol. The van der Waals surface area contributed by atoms with Crippen molar-refractivity contribution in [2.75, 3.05) is 13.1 Å². The molecule has 0 radical (unpaired) electrons. The molecule has 1 N–H and O–H groups in total. The van der Waals surface area contributed by atoms with Gasteiger partial charge in [-0.3, -0.25) is 9.69 Å². The zero-order valence-corrected chi connectivity index (χ0v) is 12.4. The molecule has 2 heterocycles. The highest BCUT2D eigenvalue weighted by Gasteiger charge is 2.30. The summed E-state index contributed by atoms with van der Waals surface area (Å²) >= 11 is 1.73. The molecule has 4 nitrogen and oxygen atoms in total. The van der Waals surface area contributed by atoms with Gasteiger partial charge in [-0.15, -0.1) is 11.3 Å². The van der Waals surface area contributed by atoms with Crippen molar-refractivity contribution < 1.29 is 9.90 Å². The zero-order chi connectivity index (χ0) is 13.8. The molecule has 1 aliphatic rings. The molecule has 0 amide bonds. The number of carboxylic acid groups (broad SMARTS) is 1. The second-order valence-electron chi connectivity index (χ2n) is 5.13. The Morgan fingerprint density at radius 1 is 1.63 bits per heavy atom. The minimum atomic E-state index is -0.698. The molecule has 1 saturated heterocycles. The molecule has 106 valence electrons. The van der Waals surface area contributed by atoms with Gasteiger partial charge in [-0.05, 0) is 32.2 Å². The Labute approximate surface area is 118 Å². The molecule has 1 aromatic rings.